The Balaban J connectivity index is 2.22. The highest BCUT2D eigenvalue weighted by Crippen LogP contribution is 2.42. The van der Waals surface area contributed by atoms with Gasteiger partial charge in [0.15, 0.2) is 0 Å². The molecule has 2 aromatic rings. The lowest BCUT2D eigenvalue weighted by Gasteiger charge is -2.37. The van der Waals surface area contributed by atoms with Crippen molar-refractivity contribution in [3.8, 4) is 0 Å². The van der Waals surface area contributed by atoms with E-state index in [2.05, 4.69) is 4.98 Å². The second-order valence-corrected chi connectivity index (χ2v) is 7.50. The lowest BCUT2D eigenvalue weighted by atomic mass is 9.74. The molecular weight excluding hydrogens is 335 g/mol. The minimum Gasteiger partial charge on any atom is -0.328 e. The summed E-state index contributed by atoms with van der Waals surface area (Å²) in [5.41, 5.74) is 11.1. The van der Waals surface area contributed by atoms with Crippen molar-refractivity contribution in [2.45, 2.75) is 43.4 Å². The van der Waals surface area contributed by atoms with Gasteiger partial charge < -0.3 is 11.5 Å². The molecular formula is C14H15ClF3N3S. The van der Waals surface area contributed by atoms with Crippen LogP contribution in [0.15, 0.2) is 12.1 Å². The molecule has 0 aromatic carbocycles. The van der Waals surface area contributed by atoms with Gasteiger partial charge in [-0.25, -0.2) is 4.98 Å². The van der Waals surface area contributed by atoms with Crippen LogP contribution in [0.2, 0.25) is 4.34 Å². The van der Waals surface area contributed by atoms with Crippen LogP contribution in [0.3, 0.4) is 0 Å². The molecule has 2 unspecified atom stereocenters. The number of hydrogen-bond donors (Lipinski definition) is 2. The fourth-order valence-corrected chi connectivity index (χ4v) is 4.25. The standard InChI is InChI=1S/C14H15ClF3N3S/c15-11-4-8-9(13(20)3-1-2-7(19)6-13)5-10(14(16,17)18)21-12(8)22-11/h4-5,7H,1-3,6,19-20H2. The van der Waals surface area contributed by atoms with Gasteiger partial charge in [0, 0.05) is 17.0 Å². The zero-order valence-electron chi connectivity index (χ0n) is 11.6. The van der Waals surface area contributed by atoms with E-state index in [1.807, 2.05) is 0 Å². The summed E-state index contributed by atoms with van der Waals surface area (Å²) in [6.45, 7) is 0. The molecule has 0 saturated heterocycles. The number of aromatic nitrogens is 1. The normalized spacial score (nSPS) is 26.5. The molecule has 3 rings (SSSR count). The van der Waals surface area contributed by atoms with Crippen molar-refractivity contribution < 1.29 is 13.2 Å². The zero-order chi connectivity index (χ0) is 16.1. The number of thiophene rings is 1. The Morgan fingerprint density at radius 1 is 1.36 bits per heavy atom. The van der Waals surface area contributed by atoms with E-state index in [0.717, 1.165) is 30.2 Å². The maximum Gasteiger partial charge on any atom is 0.433 e. The molecule has 2 heterocycles. The molecule has 1 saturated carbocycles. The molecule has 0 amide bonds. The number of rotatable bonds is 1. The summed E-state index contributed by atoms with van der Waals surface area (Å²) in [5.74, 6) is 0. The van der Waals surface area contributed by atoms with Crippen molar-refractivity contribution in [1.82, 2.24) is 4.98 Å². The molecule has 2 aromatic heterocycles. The summed E-state index contributed by atoms with van der Waals surface area (Å²) in [6.07, 6.45) is -1.83. The van der Waals surface area contributed by atoms with Gasteiger partial charge in [-0.2, -0.15) is 13.2 Å². The summed E-state index contributed by atoms with van der Waals surface area (Å²) in [5, 5.41) is 0.597. The molecule has 120 valence electrons. The van der Waals surface area contributed by atoms with E-state index in [-0.39, 0.29) is 10.9 Å². The Kier molecular flexibility index (Phi) is 3.87. The van der Waals surface area contributed by atoms with Crippen molar-refractivity contribution in [1.29, 1.82) is 0 Å². The molecule has 3 nitrogen and oxygen atoms in total. The van der Waals surface area contributed by atoms with E-state index in [9.17, 15) is 13.2 Å². The predicted octanol–water partition coefficient (Wildman–Crippen LogP) is 4.02. The molecule has 0 radical (unpaired) electrons. The average molecular weight is 350 g/mol. The number of halogens is 4. The predicted molar refractivity (Wildman–Crippen MR) is 81.9 cm³/mol. The number of hydrogen-bond acceptors (Lipinski definition) is 4. The van der Waals surface area contributed by atoms with E-state index < -0.39 is 17.4 Å². The Hall–Kier alpha value is -0.890. The van der Waals surface area contributed by atoms with Crippen molar-refractivity contribution in [3.05, 3.63) is 27.7 Å². The third-order valence-electron chi connectivity index (χ3n) is 4.13. The highest BCUT2D eigenvalue weighted by atomic mass is 35.5. The van der Waals surface area contributed by atoms with Gasteiger partial charge in [0.05, 0.1) is 4.34 Å². The summed E-state index contributed by atoms with van der Waals surface area (Å²) in [6, 6.07) is 2.59. The molecule has 1 aliphatic rings. The zero-order valence-corrected chi connectivity index (χ0v) is 13.2. The van der Waals surface area contributed by atoms with E-state index >= 15 is 0 Å². The SMILES string of the molecule is NC1CCCC(N)(c2cc(C(F)(F)F)nc3sc(Cl)cc23)C1. The van der Waals surface area contributed by atoms with E-state index in [1.165, 1.54) is 0 Å². The van der Waals surface area contributed by atoms with Gasteiger partial charge in [0.2, 0.25) is 0 Å². The van der Waals surface area contributed by atoms with Crippen LogP contribution in [0.1, 0.15) is 36.9 Å². The smallest absolute Gasteiger partial charge is 0.328 e. The van der Waals surface area contributed by atoms with Gasteiger partial charge in [0.1, 0.15) is 10.5 Å². The van der Waals surface area contributed by atoms with Gasteiger partial charge in [-0.1, -0.05) is 11.6 Å². The van der Waals surface area contributed by atoms with E-state index in [1.54, 1.807) is 6.07 Å². The molecule has 0 aliphatic heterocycles. The first-order chi connectivity index (χ1) is 10.2. The highest BCUT2D eigenvalue weighted by Gasteiger charge is 2.39. The molecule has 8 heteroatoms. The molecule has 0 spiro atoms. The number of nitrogens with two attached hydrogens (primary N) is 2. The topological polar surface area (TPSA) is 64.9 Å². The number of pyridine rings is 1. The van der Waals surface area contributed by atoms with Gasteiger partial charge >= 0.3 is 6.18 Å². The van der Waals surface area contributed by atoms with Gasteiger partial charge in [0.25, 0.3) is 0 Å². The summed E-state index contributed by atoms with van der Waals surface area (Å²) in [7, 11) is 0. The largest absolute Gasteiger partial charge is 0.433 e. The maximum atomic E-state index is 13.1. The second kappa shape index (κ2) is 5.33. The Morgan fingerprint density at radius 3 is 2.73 bits per heavy atom. The van der Waals surface area contributed by atoms with Crippen molar-refractivity contribution in [2.75, 3.05) is 0 Å². The van der Waals surface area contributed by atoms with Crippen LogP contribution in [0.25, 0.3) is 10.2 Å². The molecule has 0 bridgehead atoms. The number of fused-ring (bicyclic) bond motifs is 1. The minimum atomic E-state index is -4.52. The highest BCUT2D eigenvalue weighted by molar-refractivity contribution is 7.22. The fourth-order valence-electron chi connectivity index (χ4n) is 3.14. The average Bonchev–Trinajstić information content (AvgIpc) is 2.76. The number of alkyl halides is 3. The molecule has 1 aliphatic carbocycles. The molecule has 4 N–H and O–H groups in total. The summed E-state index contributed by atoms with van der Waals surface area (Å²) in [4.78, 5) is 3.96. The first-order valence-corrected chi connectivity index (χ1v) is 8.11. The van der Waals surface area contributed by atoms with Crippen molar-refractivity contribution in [2.24, 2.45) is 11.5 Å². The molecule has 2 atom stereocenters. The van der Waals surface area contributed by atoms with Crippen LogP contribution >= 0.6 is 22.9 Å². The van der Waals surface area contributed by atoms with Gasteiger partial charge in [-0.15, -0.1) is 11.3 Å². The van der Waals surface area contributed by atoms with Crippen LogP contribution in [0.5, 0.6) is 0 Å². The molecule has 22 heavy (non-hydrogen) atoms. The summed E-state index contributed by atoms with van der Waals surface area (Å²) < 4.78 is 39.7. The van der Waals surface area contributed by atoms with Crippen LogP contribution in [-0.4, -0.2) is 11.0 Å². The minimum absolute atomic E-state index is 0.106. The van der Waals surface area contributed by atoms with E-state index in [0.29, 0.717) is 28.1 Å². The first kappa shape index (κ1) is 16.0. The quantitative estimate of drug-likeness (QED) is 0.817. The second-order valence-electron chi connectivity index (χ2n) is 5.83. The Bertz CT molecular complexity index is 715. The first-order valence-electron chi connectivity index (χ1n) is 6.91. The fraction of sp³-hybridized carbons (Fsp3) is 0.500. The van der Waals surface area contributed by atoms with Crippen molar-refractivity contribution in [3.63, 3.8) is 0 Å². The van der Waals surface area contributed by atoms with Crippen LogP contribution in [-0.2, 0) is 11.7 Å². The van der Waals surface area contributed by atoms with Gasteiger partial charge in [-0.3, -0.25) is 0 Å². The Morgan fingerprint density at radius 2 is 2.09 bits per heavy atom. The molecule has 1 fully saturated rings. The van der Waals surface area contributed by atoms with Crippen molar-refractivity contribution >= 4 is 33.2 Å². The summed E-state index contributed by atoms with van der Waals surface area (Å²) >= 11 is 6.99. The number of nitrogens with zero attached hydrogens (tertiary/aromatic N) is 1. The van der Waals surface area contributed by atoms with Crippen LogP contribution in [0, 0.1) is 0 Å². The third kappa shape index (κ3) is 2.82. The lowest BCUT2D eigenvalue weighted by molar-refractivity contribution is -0.141. The lowest BCUT2D eigenvalue weighted by Crippen LogP contribution is -2.46. The third-order valence-corrected chi connectivity index (χ3v) is 5.28. The van der Waals surface area contributed by atoms with E-state index in [4.69, 9.17) is 23.1 Å². The maximum absolute atomic E-state index is 13.1. The van der Waals surface area contributed by atoms with Crippen LogP contribution in [0.4, 0.5) is 13.2 Å². The monoisotopic (exact) mass is 349 g/mol. The van der Waals surface area contributed by atoms with Crippen LogP contribution < -0.4 is 11.5 Å². The van der Waals surface area contributed by atoms with Gasteiger partial charge in [-0.05, 0) is 43.4 Å². The Labute approximate surface area is 134 Å².